The smallest absolute Gasteiger partial charge is 0.261 e. The van der Waals surface area contributed by atoms with Crippen LogP contribution in [0.3, 0.4) is 0 Å². The molecule has 10 heteroatoms. The molecule has 2 aromatic carbocycles. The summed E-state index contributed by atoms with van der Waals surface area (Å²) < 4.78 is 34.1. The number of hydrogen-bond acceptors (Lipinski definition) is 7. The Labute approximate surface area is 163 Å². The molecule has 3 aromatic rings. The van der Waals surface area contributed by atoms with E-state index in [1.807, 2.05) is 24.3 Å². The monoisotopic (exact) mass is 402 g/mol. The number of nitrogens with one attached hydrogen (secondary N) is 3. The van der Waals surface area contributed by atoms with Crippen LogP contribution in [0.1, 0.15) is 12.5 Å². The van der Waals surface area contributed by atoms with Crippen molar-refractivity contribution in [1.29, 1.82) is 5.26 Å². The van der Waals surface area contributed by atoms with E-state index in [2.05, 4.69) is 20.0 Å². The van der Waals surface area contributed by atoms with E-state index in [0.29, 0.717) is 5.69 Å². The van der Waals surface area contributed by atoms with Gasteiger partial charge in [0.25, 0.3) is 5.56 Å². The fourth-order valence-corrected chi connectivity index (χ4v) is 3.00. The van der Waals surface area contributed by atoms with Crippen molar-refractivity contribution in [3.05, 3.63) is 58.1 Å². The average Bonchev–Trinajstić information content (AvgIpc) is 2.69. The zero-order chi connectivity index (χ0) is 20.3. The molecule has 1 heterocycles. The minimum Gasteiger partial charge on any atom is -0.350 e. The summed E-state index contributed by atoms with van der Waals surface area (Å²) in [7, 11) is 1.85. The minimum absolute atomic E-state index is 0.0170. The lowest BCUT2D eigenvalue weighted by Crippen LogP contribution is -2.12. The molecule has 0 aliphatic heterocycles. The fraction of sp³-hybridized carbons (Fsp3) is 0.167. The van der Waals surface area contributed by atoms with E-state index in [0.717, 1.165) is 6.54 Å². The normalized spacial score (nSPS) is 10.9. The van der Waals surface area contributed by atoms with Crippen molar-refractivity contribution in [3.63, 3.8) is 0 Å². The predicted molar refractivity (Wildman–Crippen MR) is 106 cm³/mol. The number of aromatic nitrogens is 2. The number of anilines is 3. The highest BCUT2D eigenvalue weighted by Crippen LogP contribution is 2.33. The SMILES string of the molecule is CCN(C)SNc1ccc(F)c(Nc2ccc3nc[nH]c(=O)c3c2F)c1C#N. The third kappa shape index (κ3) is 3.76. The number of hydrogen-bond donors (Lipinski definition) is 3. The molecule has 0 fully saturated rings. The molecule has 0 saturated carbocycles. The molecule has 0 atom stereocenters. The molecule has 0 saturated heterocycles. The molecular formula is C18H16F2N6OS. The van der Waals surface area contributed by atoms with Crippen LogP contribution in [0.25, 0.3) is 10.9 Å². The van der Waals surface area contributed by atoms with E-state index in [-0.39, 0.29) is 27.8 Å². The lowest BCUT2D eigenvalue weighted by atomic mass is 10.1. The van der Waals surface area contributed by atoms with Crippen LogP contribution in [0.2, 0.25) is 0 Å². The first-order chi connectivity index (χ1) is 13.5. The van der Waals surface area contributed by atoms with Gasteiger partial charge in [0.2, 0.25) is 0 Å². The summed E-state index contributed by atoms with van der Waals surface area (Å²) in [5.74, 6) is -1.61. The number of halogens is 2. The van der Waals surface area contributed by atoms with E-state index in [4.69, 9.17) is 0 Å². The molecule has 28 heavy (non-hydrogen) atoms. The van der Waals surface area contributed by atoms with Crippen LogP contribution in [0, 0.1) is 23.0 Å². The summed E-state index contributed by atoms with van der Waals surface area (Å²) >= 11 is 1.24. The van der Waals surface area contributed by atoms with Crippen molar-refractivity contribution >= 4 is 40.1 Å². The van der Waals surface area contributed by atoms with E-state index in [1.54, 1.807) is 0 Å². The highest BCUT2D eigenvalue weighted by Gasteiger charge is 2.18. The Balaban J connectivity index is 2.04. The maximum atomic E-state index is 14.8. The van der Waals surface area contributed by atoms with Crippen molar-refractivity contribution in [2.45, 2.75) is 6.92 Å². The number of aromatic amines is 1. The van der Waals surface area contributed by atoms with E-state index < -0.39 is 17.2 Å². The zero-order valence-electron chi connectivity index (χ0n) is 15.0. The molecule has 0 unspecified atom stereocenters. The maximum absolute atomic E-state index is 14.8. The van der Waals surface area contributed by atoms with Gasteiger partial charge in [0.15, 0.2) is 5.82 Å². The third-order valence-electron chi connectivity index (χ3n) is 4.03. The molecule has 7 nitrogen and oxygen atoms in total. The van der Waals surface area contributed by atoms with Crippen LogP contribution in [-0.2, 0) is 0 Å². The standard InChI is InChI=1S/C18H16F2N6OS/c1-3-26(2)28-25-12-5-4-11(19)17(10(12)8-21)24-14-7-6-13-15(16(14)20)18(27)23-9-22-13/h4-7,9,24-25H,3H2,1-2H3,(H,22,23,27). The third-order valence-corrected chi connectivity index (χ3v) is 4.91. The van der Waals surface area contributed by atoms with Crippen molar-refractivity contribution in [2.24, 2.45) is 0 Å². The maximum Gasteiger partial charge on any atom is 0.261 e. The highest BCUT2D eigenvalue weighted by molar-refractivity contribution is 7.98. The molecular weight excluding hydrogens is 386 g/mol. The number of rotatable bonds is 6. The molecule has 3 rings (SSSR count). The van der Waals surface area contributed by atoms with E-state index in [1.165, 1.54) is 42.7 Å². The molecule has 0 aliphatic rings. The van der Waals surface area contributed by atoms with Gasteiger partial charge in [-0.25, -0.2) is 18.1 Å². The van der Waals surface area contributed by atoms with Gasteiger partial charge < -0.3 is 15.0 Å². The summed E-state index contributed by atoms with van der Waals surface area (Å²) in [5, 5.41) is 11.9. The average molecular weight is 402 g/mol. The van der Waals surface area contributed by atoms with Gasteiger partial charge in [-0.2, -0.15) is 5.26 Å². The second-order valence-corrected chi connectivity index (χ2v) is 6.78. The van der Waals surface area contributed by atoms with Crippen LogP contribution < -0.4 is 15.6 Å². The van der Waals surface area contributed by atoms with Gasteiger partial charge in [-0.1, -0.05) is 6.92 Å². The molecule has 1 aromatic heterocycles. The molecule has 0 amide bonds. The summed E-state index contributed by atoms with van der Waals surface area (Å²) in [4.78, 5) is 18.1. The molecule has 144 valence electrons. The Kier molecular flexibility index (Phi) is 5.77. The fourth-order valence-electron chi connectivity index (χ4n) is 2.45. The Bertz CT molecular complexity index is 1130. The van der Waals surface area contributed by atoms with Gasteiger partial charge in [0.05, 0.1) is 28.9 Å². The quantitative estimate of drug-likeness (QED) is 0.541. The Hall–Kier alpha value is -3.16. The number of nitriles is 1. The molecule has 0 spiro atoms. The predicted octanol–water partition coefficient (Wildman–Crippen LogP) is 3.74. The summed E-state index contributed by atoms with van der Waals surface area (Å²) in [5.41, 5.74) is -0.458. The van der Waals surface area contributed by atoms with Crippen LogP contribution in [0.15, 0.2) is 35.4 Å². The van der Waals surface area contributed by atoms with Gasteiger partial charge in [0, 0.05) is 18.7 Å². The zero-order valence-corrected chi connectivity index (χ0v) is 15.8. The number of nitrogens with zero attached hydrogens (tertiary/aromatic N) is 3. The lowest BCUT2D eigenvalue weighted by Gasteiger charge is -2.17. The summed E-state index contributed by atoms with van der Waals surface area (Å²) in [6.45, 7) is 2.70. The van der Waals surface area contributed by atoms with Gasteiger partial charge in [-0.3, -0.25) is 4.79 Å². The molecule has 3 N–H and O–H groups in total. The van der Waals surface area contributed by atoms with Crippen molar-refractivity contribution < 1.29 is 8.78 Å². The van der Waals surface area contributed by atoms with Crippen LogP contribution in [0.4, 0.5) is 25.8 Å². The Morgan fingerprint density at radius 3 is 2.75 bits per heavy atom. The van der Waals surface area contributed by atoms with Crippen molar-refractivity contribution in [3.8, 4) is 6.07 Å². The van der Waals surface area contributed by atoms with Crippen molar-refractivity contribution in [1.82, 2.24) is 14.3 Å². The van der Waals surface area contributed by atoms with Crippen LogP contribution in [0.5, 0.6) is 0 Å². The topological polar surface area (TPSA) is 96.8 Å². The van der Waals surface area contributed by atoms with Crippen LogP contribution >= 0.6 is 12.1 Å². The molecule has 0 bridgehead atoms. The summed E-state index contributed by atoms with van der Waals surface area (Å²) in [6.07, 6.45) is 1.17. The van der Waals surface area contributed by atoms with Crippen LogP contribution in [-0.4, -0.2) is 27.9 Å². The Morgan fingerprint density at radius 2 is 2.04 bits per heavy atom. The number of fused-ring (bicyclic) bond motifs is 1. The van der Waals surface area contributed by atoms with Gasteiger partial charge >= 0.3 is 0 Å². The van der Waals surface area contributed by atoms with E-state index in [9.17, 15) is 18.8 Å². The van der Waals surface area contributed by atoms with E-state index >= 15 is 0 Å². The van der Waals surface area contributed by atoms with Gasteiger partial charge in [0.1, 0.15) is 22.8 Å². The Morgan fingerprint density at radius 1 is 1.29 bits per heavy atom. The first-order valence-electron chi connectivity index (χ1n) is 8.25. The molecule has 0 aliphatic carbocycles. The highest BCUT2D eigenvalue weighted by atomic mass is 32.2. The van der Waals surface area contributed by atoms with Crippen molar-refractivity contribution in [2.75, 3.05) is 23.6 Å². The summed E-state index contributed by atoms with van der Waals surface area (Å²) in [6, 6.07) is 7.32. The molecule has 0 radical (unpaired) electrons. The first kappa shape index (κ1) is 19.6. The van der Waals surface area contributed by atoms with Gasteiger partial charge in [-0.05, 0) is 31.3 Å². The second kappa shape index (κ2) is 8.24. The van der Waals surface area contributed by atoms with Gasteiger partial charge in [-0.15, -0.1) is 0 Å². The first-order valence-corrected chi connectivity index (χ1v) is 9.03. The largest absolute Gasteiger partial charge is 0.350 e. The lowest BCUT2D eigenvalue weighted by molar-refractivity contribution is 0.604. The second-order valence-electron chi connectivity index (χ2n) is 5.77. The minimum atomic E-state index is -0.881. The number of H-pyrrole nitrogens is 1. The number of benzene rings is 2.